The Morgan fingerprint density at radius 1 is 1.06 bits per heavy atom. The molecule has 4 fully saturated rings. The molecule has 5 heterocycles. The fraction of sp³-hybridized carbons (Fsp3) is 0.444. The Kier molecular flexibility index (Phi) is 7.79. The lowest BCUT2D eigenvalue weighted by Crippen LogP contribution is -2.51. The molecule has 0 saturated carbocycles. The van der Waals surface area contributed by atoms with Gasteiger partial charge >= 0.3 is 6.01 Å². The van der Waals surface area contributed by atoms with Crippen molar-refractivity contribution >= 4 is 27.5 Å². The smallest absolute Gasteiger partial charge is 0.319 e. The maximum Gasteiger partial charge on any atom is 0.319 e. The van der Waals surface area contributed by atoms with Crippen molar-refractivity contribution in [2.75, 3.05) is 44.8 Å². The first-order valence-electron chi connectivity index (χ1n) is 16.4. The zero-order chi connectivity index (χ0) is 34.2. The Bertz CT molecular complexity index is 2030. The Labute approximate surface area is 278 Å². The molecular weight excluding hydrogens is 648 g/mol. The van der Waals surface area contributed by atoms with Gasteiger partial charge in [-0.25, -0.2) is 26.3 Å². The maximum atomic E-state index is 17.2. The summed E-state index contributed by atoms with van der Waals surface area (Å²) in [7, 11) is 1.21. The van der Waals surface area contributed by atoms with Crippen LogP contribution in [-0.4, -0.2) is 78.6 Å². The number of rotatable bonds is 7. The van der Waals surface area contributed by atoms with E-state index in [1.165, 1.54) is 13.2 Å². The molecule has 4 aliphatic heterocycles. The van der Waals surface area contributed by atoms with Crippen molar-refractivity contribution in [2.24, 2.45) is 0 Å². The van der Waals surface area contributed by atoms with Crippen molar-refractivity contribution in [1.82, 2.24) is 20.2 Å². The van der Waals surface area contributed by atoms with Gasteiger partial charge in [0.15, 0.2) is 17.4 Å². The summed E-state index contributed by atoms with van der Waals surface area (Å²) >= 11 is 0. The second-order valence-electron chi connectivity index (χ2n) is 13.5. The molecule has 1 aromatic heterocycles. The summed E-state index contributed by atoms with van der Waals surface area (Å²) in [5.41, 5.74) is -2.94. The number of benzene rings is 3. The molecule has 49 heavy (non-hydrogen) atoms. The van der Waals surface area contributed by atoms with Gasteiger partial charge in [0, 0.05) is 49.1 Å². The van der Waals surface area contributed by atoms with E-state index in [0.29, 0.717) is 26.1 Å². The minimum Gasteiger partial charge on any atom is -0.493 e. The monoisotopic (exact) mass is 681 g/mol. The van der Waals surface area contributed by atoms with Crippen LogP contribution in [0.15, 0.2) is 24.3 Å². The third-order valence-corrected chi connectivity index (χ3v) is 10.6. The van der Waals surface area contributed by atoms with Crippen LogP contribution in [0.1, 0.15) is 49.7 Å². The molecule has 0 amide bonds. The second-order valence-corrected chi connectivity index (χ2v) is 13.5. The number of ether oxygens (including phenoxy) is 2. The number of aromatic nitrogens is 2. The fourth-order valence-corrected chi connectivity index (χ4v) is 8.50. The molecule has 4 saturated heterocycles. The van der Waals surface area contributed by atoms with Crippen LogP contribution in [0.3, 0.4) is 0 Å². The molecule has 4 aliphatic rings. The van der Waals surface area contributed by atoms with Crippen molar-refractivity contribution in [2.45, 2.75) is 62.3 Å². The molecule has 2 bridgehead atoms. The minimum absolute atomic E-state index is 0.0575. The minimum atomic E-state index is -3.01. The van der Waals surface area contributed by atoms with Crippen LogP contribution in [0.2, 0.25) is 0 Å². The molecule has 4 atom stereocenters. The summed E-state index contributed by atoms with van der Waals surface area (Å²) < 4.78 is 104. The van der Waals surface area contributed by atoms with E-state index in [1.807, 2.05) is 4.90 Å². The molecule has 0 radical (unpaired) electrons. The number of hydrogen-bond donors (Lipinski definition) is 1. The van der Waals surface area contributed by atoms with Gasteiger partial charge in [-0.15, -0.1) is 6.42 Å². The Balaban J connectivity index is 1.37. The van der Waals surface area contributed by atoms with E-state index in [2.05, 4.69) is 21.1 Å². The number of terminal acetylenes is 1. The van der Waals surface area contributed by atoms with Gasteiger partial charge in [-0.05, 0) is 61.4 Å². The summed E-state index contributed by atoms with van der Waals surface area (Å²) in [6.45, 7) is 2.07. The second kappa shape index (κ2) is 11.9. The van der Waals surface area contributed by atoms with Crippen LogP contribution in [0, 0.1) is 29.8 Å². The van der Waals surface area contributed by atoms with Gasteiger partial charge in [-0.1, -0.05) is 12.0 Å². The molecule has 4 aromatic rings. The lowest BCUT2D eigenvalue weighted by molar-refractivity contribution is 0.107. The van der Waals surface area contributed by atoms with Gasteiger partial charge in [0.05, 0.1) is 29.2 Å². The number of hydrogen-bond acceptors (Lipinski definition) is 7. The topological polar surface area (TPSA) is 62.8 Å². The highest BCUT2D eigenvalue weighted by Crippen LogP contribution is 2.47. The zero-order valence-corrected chi connectivity index (χ0v) is 26.6. The summed E-state index contributed by atoms with van der Waals surface area (Å²) in [6, 6.07) is 4.33. The highest BCUT2D eigenvalue weighted by Gasteiger charge is 2.49. The summed E-state index contributed by atoms with van der Waals surface area (Å²) in [6.07, 6.45) is 5.34. The first-order valence-corrected chi connectivity index (χ1v) is 16.4. The number of anilines is 1. The lowest BCUT2D eigenvalue weighted by atomic mass is 9.90. The van der Waals surface area contributed by atoms with E-state index in [9.17, 15) is 13.2 Å². The maximum absolute atomic E-state index is 17.2. The largest absolute Gasteiger partial charge is 0.493 e. The molecule has 256 valence electrons. The van der Waals surface area contributed by atoms with Crippen LogP contribution < -0.4 is 19.7 Å². The van der Waals surface area contributed by atoms with Crippen LogP contribution >= 0.6 is 0 Å². The van der Waals surface area contributed by atoms with Crippen LogP contribution in [-0.2, 0) is 0 Å². The van der Waals surface area contributed by atoms with E-state index < -0.39 is 52.5 Å². The highest BCUT2D eigenvalue weighted by molar-refractivity contribution is 6.05. The first kappa shape index (κ1) is 32.0. The standard InChI is InChI=1S/C36H33F6N5O2/c1-3-23-25(38)8-5-18-11-19(33(41)42)12-24(26(18)23)27-29(39)31-28(32(48-2)30(27)40)34(46-15-21-6-7-22(16-46)43-21)45-35(44-31)49-17-36-9-4-10-47(36)14-20(37)13-36/h1,5,8,11-12,20-22,33,43H,4,6-7,9-10,13-17H2,2H3/t20-,21-,22+,36+/m1/s1. The predicted octanol–water partition coefficient (Wildman–Crippen LogP) is 6.69. The highest BCUT2D eigenvalue weighted by atomic mass is 19.3. The SMILES string of the molecule is C#Cc1c(F)ccc2cc(C(F)F)cc(-c3c(F)c(OC)c4c(N5C[C@H]6CC[C@@H](C5)N6)nc(OC[C@@]56CCCN5C[C@H](F)C6)nc4c3F)c12. The quantitative estimate of drug-likeness (QED) is 0.172. The number of piperazine rings is 1. The Morgan fingerprint density at radius 3 is 2.55 bits per heavy atom. The molecule has 0 aliphatic carbocycles. The summed E-state index contributed by atoms with van der Waals surface area (Å²) in [5.74, 6) is -1.27. The fourth-order valence-electron chi connectivity index (χ4n) is 8.50. The number of nitrogens with one attached hydrogen (secondary N) is 1. The van der Waals surface area contributed by atoms with E-state index >= 15 is 13.2 Å². The third kappa shape index (κ3) is 5.14. The lowest BCUT2D eigenvalue weighted by Gasteiger charge is -2.35. The van der Waals surface area contributed by atoms with Gasteiger partial charge in [-0.2, -0.15) is 9.97 Å². The van der Waals surface area contributed by atoms with Crippen LogP contribution in [0.5, 0.6) is 11.8 Å². The van der Waals surface area contributed by atoms with Crippen LogP contribution in [0.4, 0.5) is 32.2 Å². The van der Waals surface area contributed by atoms with Crippen molar-refractivity contribution in [3.8, 4) is 35.2 Å². The van der Waals surface area contributed by atoms with Crippen molar-refractivity contribution in [3.05, 3.63) is 52.8 Å². The number of fused-ring (bicyclic) bond motifs is 5. The van der Waals surface area contributed by atoms with Gasteiger partial charge < -0.3 is 19.7 Å². The number of halogens is 6. The molecule has 0 unspecified atom stereocenters. The molecule has 1 N–H and O–H groups in total. The predicted molar refractivity (Wildman–Crippen MR) is 173 cm³/mol. The normalized spacial score (nSPS) is 25.0. The van der Waals surface area contributed by atoms with E-state index in [0.717, 1.165) is 44.0 Å². The molecule has 13 heteroatoms. The molecule has 8 rings (SSSR count). The summed E-state index contributed by atoms with van der Waals surface area (Å²) in [5, 5.41) is 3.43. The van der Waals surface area contributed by atoms with Crippen LogP contribution in [0.25, 0.3) is 32.8 Å². The van der Waals surface area contributed by atoms with E-state index in [4.69, 9.17) is 20.9 Å². The van der Waals surface area contributed by atoms with E-state index in [-0.39, 0.29) is 69.7 Å². The average molecular weight is 682 g/mol. The molecular formula is C36H33F6N5O2. The molecule has 0 spiro atoms. The number of alkyl halides is 3. The van der Waals surface area contributed by atoms with Crippen molar-refractivity contribution < 1.29 is 35.8 Å². The molecule has 3 aromatic carbocycles. The van der Waals surface area contributed by atoms with E-state index in [1.54, 1.807) is 0 Å². The first-order chi connectivity index (χ1) is 23.6. The van der Waals surface area contributed by atoms with Crippen molar-refractivity contribution in [3.63, 3.8) is 0 Å². The molecule has 7 nitrogen and oxygen atoms in total. The Hall–Kier alpha value is -4.28. The number of methoxy groups -OCH3 is 1. The summed E-state index contributed by atoms with van der Waals surface area (Å²) in [4.78, 5) is 13.1. The number of nitrogens with zero attached hydrogens (tertiary/aromatic N) is 4. The van der Waals surface area contributed by atoms with Crippen molar-refractivity contribution in [1.29, 1.82) is 0 Å². The van der Waals surface area contributed by atoms with Gasteiger partial charge in [0.2, 0.25) is 0 Å². The van der Waals surface area contributed by atoms with Gasteiger partial charge in [0.1, 0.15) is 29.9 Å². The average Bonchev–Trinajstić information content (AvgIpc) is 3.73. The zero-order valence-electron chi connectivity index (χ0n) is 26.6. The third-order valence-electron chi connectivity index (χ3n) is 10.6. The Morgan fingerprint density at radius 2 is 1.84 bits per heavy atom. The van der Waals surface area contributed by atoms with Gasteiger partial charge in [-0.3, -0.25) is 4.90 Å². The van der Waals surface area contributed by atoms with Gasteiger partial charge in [0.25, 0.3) is 6.43 Å².